The number of nitrogens with zero attached hydrogens (tertiary/aromatic N) is 1. The molecule has 0 spiro atoms. The summed E-state index contributed by atoms with van der Waals surface area (Å²) in [5.74, 6) is -0.312. The molecule has 3 atom stereocenters. The van der Waals surface area contributed by atoms with E-state index in [2.05, 4.69) is 10.0 Å². The first-order valence-corrected chi connectivity index (χ1v) is 17.3. The van der Waals surface area contributed by atoms with Gasteiger partial charge in [-0.3, -0.25) is 9.59 Å². The standard InChI is InChI=1S/C34H43N3O6S2/c1-21-13-11-12-16-26(21)19-35-32(39)31-34(5,6)44-20-37(31)33(40)29(38)27(18-25-14-9-8-10-15-25)36-45(41,42)30-22(2)17-28(43-7)23(3)24(30)4/h8-17,27,29,31,36,38H,18-20H2,1-7H3,(H,35,39). The first-order valence-electron chi connectivity index (χ1n) is 14.8. The number of methoxy groups -OCH3 is 1. The van der Waals surface area contributed by atoms with E-state index >= 15 is 0 Å². The summed E-state index contributed by atoms with van der Waals surface area (Å²) in [4.78, 5) is 29.1. The minimum Gasteiger partial charge on any atom is -0.496 e. The molecule has 3 aromatic carbocycles. The van der Waals surface area contributed by atoms with Gasteiger partial charge in [0, 0.05) is 11.3 Å². The molecule has 3 N–H and O–H groups in total. The van der Waals surface area contributed by atoms with Crippen molar-refractivity contribution in [1.29, 1.82) is 0 Å². The number of thioether (sulfide) groups is 1. The number of carbonyl (C=O) groups is 2. The molecule has 1 heterocycles. The van der Waals surface area contributed by atoms with E-state index in [0.717, 1.165) is 16.7 Å². The Morgan fingerprint density at radius 1 is 1.02 bits per heavy atom. The van der Waals surface area contributed by atoms with Crippen LogP contribution in [0.25, 0.3) is 0 Å². The smallest absolute Gasteiger partial charge is 0.254 e. The molecule has 1 aliphatic rings. The van der Waals surface area contributed by atoms with E-state index in [1.165, 1.54) is 23.8 Å². The highest BCUT2D eigenvalue weighted by Crippen LogP contribution is 2.40. The molecule has 0 bridgehead atoms. The molecular formula is C34H43N3O6S2. The van der Waals surface area contributed by atoms with E-state index in [-0.39, 0.29) is 23.1 Å². The van der Waals surface area contributed by atoms with E-state index in [4.69, 9.17) is 4.74 Å². The second kappa shape index (κ2) is 13.9. The van der Waals surface area contributed by atoms with Gasteiger partial charge in [-0.15, -0.1) is 11.8 Å². The van der Waals surface area contributed by atoms with Crippen LogP contribution in [0.3, 0.4) is 0 Å². The molecule has 1 aliphatic heterocycles. The van der Waals surface area contributed by atoms with Crippen LogP contribution in [-0.2, 0) is 32.6 Å². The van der Waals surface area contributed by atoms with Gasteiger partial charge in [-0.25, -0.2) is 13.1 Å². The van der Waals surface area contributed by atoms with E-state index in [9.17, 15) is 23.1 Å². The summed E-state index contributed by atoms with van der Waals surface area (Å²) in [6, 6.07) is 16.4. The van der Waals surface area contributed by atoms with Crippen LogP contribution >= 0.6 is 11.8 Å². The normalized spacial score (nSPS) is 17.5. The predicted molar refractivity (Wildman–Crippen MR) is 178 cm³/mol. The minimum absolute atomic E-state index is 0.0503. The summed E-state index contributed by atoms with van der Waals surface area (Å²) < 4.78 is 35.3. The van der Waals surface area contributed by atoms with Crippen molar-refractivity contribution in [3.8, 4) is 5.75 Å². The van der Waals surface area contributed by atoms with Crippen molar-refractivity contribution in [3.63, 3.8) is 0 Å². The highest BCUT2D eigenvalue weighted by atomic mass is 32.2. The number of sulfonamides is 1. The van der Waals surface area contributed by atoms with E-state index in [1.807, 2.05) is 75.4 Å². The number of carbonyl (C=O) groups excluding carboxylic acids is 2. The molecule has 1 saturated heterocycles. The Balaban J connectivity index is 1.64. The van der Waals surface area contributed by atoms with Crippen LogP contribution in [0.4, 0.5) is 0 Å². The summed E-state index contributed by atoms with van der Waals surface area (Å²) in [7, 11) is -2.68. The van der Waals surface area contributed by atoms with Gasteiger partial charge in [0.15, 0.2) is 0 Å². The Labute approximate surface area is 270 Å². The number of aliphatic hydroxyl groups excluding tert-OH is 1. The number of hydrogen-bond acceptors (Lipinski definition) is 7. The summed E-state index contributed by atoms with van der Waals surface area (Å²) in [5, 5.41) is 14.6. The number of rotatable bonds is 11. The number of aryl methyl sites for hydroxylation is 2. The van der Waals surface area contributed by atoms with Gasteiger partial charge in [-0.1, -0.05) is 54.6 Å². The fourth-order valence-electron chi connectivity index (χ4n) is 5.83. The zero-order valence-electron chi connectivity index (χ0n) is 26.9. The van der Waals surface area contributed by atoms with Gasteiger partial charge in [0.05, 0.1) is 23.9 Å². The van der Waals surface area contributed by atoms with Crippen molar-refractivity contribution in [3.05, 3.63) is 94.0 Å². The molecule has 0 saturated carbocycles. The first-order chi connectivity index (χ1) is 21.2. The van der Waals surface area contributed by atoms with Crippen LogP contribution in [0.5, 0.6) is 5.75 Å². The van der Waals surface area contributed by atoms with E-state index < -0.39 is 38.9 Å². The SMILES string of the molecule is COc1cc(C)c(S(=O)(=O)NC(Cc2ccccc2)C(O)C(=O)N2CSC(C)(C)C2C(=O)NCc2ccccc2C)c(C)c1C. The Hall–Kier alpha value is -3.38. The van der Waals surface area contributed by atoms with Crippen molar-refractivity contribution in [2.45, 2.75) is 82.3 Å². The average molecular weight is 654 g/mol. The molecule has 0 aromatic heterocycles. The largest absolute Gasteiger partial charge is 0.496 e. The molecule has 11 heteroatoms. The molecule has 0 radical (unpaired) electrons. The van der Waals surface area contributed by atoms with Crippen LogP contribution < -0.4 is 14.8 Å². The summed E-state index contributed by atoms with van der Waals surface area (Å²) in [6.07, 6.45) is -1.71. The van der Waals surface area contributed by atoms with Crippen molar-refractivity contribution < 1.29 is 27.9 Å². The summed E-state index contributed by atoms with van der Waals surface area (Å²) in [5.41, 5.74) is 4.40. The second-order valence-electron chi connectivity index (χ2n) is 12.1. The third-order valence-corrected chi connectivity index (χ3v) is 11.7. The van der Waals surface area contributed by atoms with Gasteiger partial charge in [-0.2, -0.15) is 0 Å². The summed E-state index contributed by atoms with van der Waals surface area (Å²) >= 11 is 1.43. The first kappa shape index (κ1) is 34.5. The number of aliphatic hydroxyl groups is 1. The lowest BCUT2D eigenvalue weighted by atomic mass is 9.97. The third kappa shape index (κ3) is 7.54. The van der Waals surface area contributed by atoms with Crippen LogP contribution in [0, 0.1) is 27.7 Å². The predicted octanol–water partition coefficient (Wildman–Crippen LogP) is 4.18. The van der Waals surface area contributed by atoms with E-state index in [0.29, 0.717) is 29.0 Å². The van der Waals surface area contributed by atoms with Gasteiger partial charge in [0.1, 0.15) is 17.9 Å². The maximum absolute atomic E-state index is 14.0. The molecular weight excluding hydrogens is 611 g/mol. The number of benzene rings is 3. The average Bonchev–Trinajstić information content (AvgIpc) is 3.32. The molecule has 0 aliphatic carbocycles. The van der Waals surface area contributed by atoms with Gasteiger partial charge in [0.2, 0.25) is 15.9 Å². The van der Waals surface area contributed by atoms with Gasteiger partial charge in [0.25, 0.3) is 5.91 Å². The number of ether oxygens (including phenoxy) is 1. The van der Waals surface area contributed by atoms with Crippen LogP contribution in [0.2, 0.25) is 0 Å². The topological polar surface area (TPSA) is 125 Å². The van der Waals surface area contributed by atoms with Crippen molar-refractivity contribution in [2.75, 3.05) is 13.0 Å². The fourth-order valence-corrected chi connectivity index (χ4v) is 8.74. The summed E-state index contributed by atoms with van der Waals surface area (Å²) in [6.45, 7) is 11.2. The van der Waals surface area contributed by atoms with Gasteiger partial charge >= 0.3 is 0 Å². The quantitative estimate of drug-likeness (QED) is 0.284. The van der Waals surface area contributed by atoms with Crippen molar-refractivity contribution in [2.24, 2.45) is 0 Å². The number of nitrogens with one attached hydrogen (secondary N) is 2. The second-order valence-corrected chi connectivity index (χ2v) is 15.3. The third-order valence-electron chi connectivity index (χ3n) is 8.50. The van der Waals surface area contributed by atoms with Crippen LogP contribution in [0.15, 0.2) is 65.6 Å². The molecule has 4 rings (SSSR count). The lowest BCUT2D eigenvalue weighted by Gasteiger charge is -2.33. The molecule has 9 nitrogen and oxygen atoms in total. The molecule has 2 amide bonds. The lowest BCUT2D eigenvalue weighted by Crippen LogP contribution is -2.58. The van der Waals surface area contributed by atoms with Crippen molar-refractivity contribution >= 4 is 33.6 Å². The highest BCUT2D eigenvalue weighted by molar-refractivity contribution is 8.00. The minimum atomic E-state index is -4.21. The van der Waals surface area contributed by atoms with Crippen molar-refractivity contribution in [1.82, 2.24) is 14.9 Å². The maximum atomic E-state index is 14.0. The molecule has 3 unspecified atom stereocenters. The Morgan fingerprint density at radius 3 is 2.31 bits per heavy atom. The molecule has 242 valence electrons. The zero-order valence-corrected chi connectivity index (χ0v) is 28.5. The Kier molecular flexibility index (Phi) is 10.7. The number of hydrogen-bond donors (Lipinski definition) is 3. The molecule has 1 fully saturated rings. The van der Waals surface area contributed by atoms with Crippen LogP contribution in [0.1, 0.15) is 47.2 Å². The highest BCUT2D eigenvalue weighted by Gasteiger charge is 2.50. The Bertz CT molecular complexity index is 1660. The molecule has 3 aromatic rings. The number of amides is 2. The van der Waals surface area contributed by atoms with E-state index in [1.54, 1.807) is 26.8 Å². The lowest BCUT2D eigenvalue weighted by molar-refractivity contribution is -0.147. The fraction of sp³-hybridized carbons (Fsp3) is 0.412. The zero-order chi connectivity index (χ0) is 33.1. The molecule has 45 heavy (non-hydrogen) atoms. The van der Waals surface area contributed by atoms with Gasteiger partial charge < -0.3 is 20.1 Å². The Morgan fingerprint density at radius 2 is 1.67 bits per heavy atom. The van der Waals surface area contributed by atoms with Crippen LogP contribution in [-0.4, -0.2) is 66.2 Å². The maximum Gasteiger partial charge on any atom is 0.254 e. The monoisotopic (exact) mass is 653 g/mol. The van der Waals surface area contributed by atoms with Gasteiger partial charge in [-0.05, 0) is 87.4 Å².